The molecule has 1 unspecified atom stereocenters. The highest BCUT2D eigenvalue weighted by Gasteiger charge is 2.40. The third-order valence-corrected chi connectivity index (χ3v) is 14.0. The minimum atomic E-state index is -1.61. The van der Waals surface area contributed by atoms with Crippen LogP contribution in [0.3, 0.4) is 0 Å². The summed E-state index contributed by atoms with van der Waals surface area (Å²) in [6.07, 6.45) is 0.239. The summed E-state index contributed by atoms with van der Waals surface area (Å²) in [5, 5.41) is 14.1. The molecule has 1 heterocycles. The van der Waals surface area contributed by atoms with Crippen LogP contribution in [0.4, 0.5) is 0 Å². The predicted octanol–water partition coefficient (Wildman–Crippen LogP) is 13.0. The molecular weight excluding hydrogens is 844 g/mol. The van der Waals surface area contributed by atoms with Crippen LogP contribution in [0, 0.1) is 11.3 Å². The van der Waals surface area contributed by atoms with Crippen LogP contribution in [0.25, 0.3) is 44.0 Å². The number of methoxy groups -OCH3 is 2. The summed E-state index contributed by atoms with van der Waals surface area (Å²) in [5.74, 6) is 3.00. The van der Waals surface area contributed by atoms with Crippen LogP contribution in [-0.2, 0) is 19.4 Å². The van der Waals surface area contributed by atoms with E-state index >= 15 is 0 Å². The van der Waals surface area contributed by atoms with E-state index in [0.717, 1.165) is 67.1 Å². The van der Waals surface area contributed by atoms with Gasteiger partial charge in [0.25, 0.3) is 8.53 Å². The molecule has 0 bridgehead atoms. The lowest BCUT2D eigenvalue weighted by Gasteiger charge is -2.39. The number of imidazole rings is 1. The van der Waals surface area contributed by atoms with Gasteiger partial charge in [0, 0.05) is 34.8 Å². The quantitative estimate of drug-likeness (QED) is 0.0326. The molecule has 0 radical (unpaired) electrons. The highest BCUT2D eigenvalue weighted by atomic mass is 31.2. The number of fused-ring (bicyclic) bond motifs is 6. The fourth-order valence-corrected chi connectivity index (χ4v) is 10.4. The number of benzene rings is 7. The molecule has 0 saturated heterocycles. The number of nitrogens with one attached hydrogen (secondary N) is 1. The van der Waals surface area contributed by atoms with E-state index in [4.69, 9.17) is 33.0 Å². The average Bonchev–Trinajstić information content (AvgIpc) is 3.81. The van der Waals surface area contributed by atoms with Crippen molar-refractivity contribution < 1.29 is 28.0 Å². The molecule has 0 aliphatic heterocycles. The Bertz CT molecular complexity index is 2730. The van der Waals surface area contributed by atoms with Gasteiger partial charge in [-0.2, -0.15) is 5.26 Å². The van der Waals surface area contributed by atoms with Crippen molar-refractivity contribution in [2.75, 3.05) is 34.0 Å². The van der Waals surface area contributed by atoms with Gasteiger partial charge in [0.1, 0.15) is 28.7 Å². The molecule has 0 saturated carbocycles. The summed E-state index contributed by atoms with van der Waals surface area (Å²) in [6, 6.07) is 53.6. The zero-order valence-electron chi connectivity index (χ0n) is 38.4. The van der Waals surface area contributed by atoms with Crippen molar-refractivity contribution in [1.29, 1.82) is 5.26 Å². The van der Waals surface area contributed by atoms with Crippen molar-refractivity contribution in [3.05, 3.63) is 168 Å². The monoisotopic (exact) mass is 900 g/mol. The summed E-state index contributed by atoms with van der Waals surface area (Å²) in [7, 11) is 1.72. The van der Waals surface area contributed by atoms with E-state index in [1.807, 2.05) is 91.0 Å². The molecule has 8 aromatic rings. The Morgan fingerprint density at radius 1 is 0.636 bits per heavy atom. The highest BCUT2D eigenvalue weighted by molar-refractivity contribution is 7.44. The maximum atomic E-state index is 9.46. The van der Waals surface area contributed by atoms with E-state index in [-0.39, 0.29) is 31.7 Å². The minimum Gasteiger partial charge on any atom is -0.497 e. The molecule has 10 nitrogen and oxygen atoms in total. The van der Waals surface area contributed by atoms with Gasteiger partial charge in [-0.1, -0.05) is 103 Å². The zero-order valence-corrected chi connectivity index (χ0v) is 39.3. The Balaban J connectivity index is 1.10. The summed E-state index contributed by atoms with van der Waals surface area (Å²) < 4.78 is 40.8. The van der Waals surface area contributed by atoms with Crippen LogP contribution in [0.1, 0.15) is 57.2 Å². The Morgan fingerprint density at radius 3 is 1.74 bits per heavy atom. The van der Waals surface area contributed by atoms with Gasteiger partial charge < -0.3 is 33.0 Å². The van der Waals surface area contributed by atoms with Crippen LogP contribution in [0.2, 0.25) is 0 Å². The maximum absolute atomic E-state index is 9.46. The number of rotatable bonds is 21. The van der Waals surface area contributed by atoms with Gasteiger partial charge in [-0.05, 0) is 104 Å². The van der Waals surface area contributed by atoms with Gasteiger partial charge in [-0.15, -0.1) is 0 Å². The van der Waals surface area contributed by atoms with Crippen molar-refractivity contribution >= 4 is 41.1 Å². The molecule has 66 heavy (non-hydrogen) atoms. The fraction of sp³-hybridized carbons (Fsp3) is 0.273. The lowest BCUT2D eigenvalue weighted by atomic mass is 9.80. The fourth-order valence-electron chi connectivity index (χ4n) is 8.66. The first-order valence-corrected chi connectivity index (χ1v) is 23.6. The summed E-state index contributed by atoms with van der Waals surface area (Å²) in [4.78, 5) is 8.75. The third-order valence-electron chi connectivity index (χ3n) is 11.8. The summed E-state index contributed by atoms with van der Waals surface area (Å²) in [6.45, 7) is 9.29. The van der Waals surface area contributed by atoms with Crippen molar-refractivity contribution in [2.24, 2.45) is 0 Å². The number of ether oxygens (including phenoxy) is 4. The third kappa shape index (κ3) is 9.92. The van der Waals surface area contributed by atoms with E-state index < -0.39 is 20.2 Å². The normalized spacial score (nSPS) is 12.8. The smallest absolute Gasteiger partial charge is 0.259 e. The minimum absolute atomic E-state index is 0.112. The van der Waals surface area contributed by atoms with E-state index in [2.05, 4.69) is 104 Å². The second kappa shape index (κ2) is 21.3. The number of nitrogens with zero attached hydrogens (tertiary/aromatic N) is 3. The maximum Gasteiger partial charge on any atom is 0.259 e. The average molecular weight is 901 g/mol. The molecule has 0 spiro atoms. The van der Waals surface area contributed by atoms with Crippen LogP contribution in [0.5, 0.6) is 17.2 Å². The van der Waals surface area contributed by atoms with Gasteiger partial charge in [0.15, 0.2) is 0 Å². The topological polar surface area (TPSA) is 111 Å². The number of H-pyrrole nitrogens is 1. The lowest BCUT2D eigenvalue weighted by molar-refractivity contribution is -0.0388. The van der Waals surface area contributed by atoms with Crippen LogP contribution in [-0.4, -0.2) is 66.9 Å². The first-order chi connectivity index (χ1) is 32.2. The molecule has 0 fully saturated rings. The molecule has 1 aromatic heterocycles. The number of aromatic nitrogens is 2. The molecule has 0 aliphatic rings. The van der Waals surface area contributed by atoms with Gasteiger partial charge in [-0.3, -0.25) is 0 Å². The van der Waals surface area contributed by atoms with Gasteiger partial charge in [0.05, 0.1) is 63.7 Å². The molecule has 1 N–H and O–H groups in total. The largest absolute Gasteiger partial charge is 0.497 e. The van der Waals surface area contributed by atoms with Gasteiger partial charge in [0.2, 0.25) is 0 Å². The Labute approximate surface area is 389 Å². The second-order valence-electron chi connectivity index (χ2n) is 16.7. The second-order valence-corrected chi connectivity index (χ2v) is 18.1. The molecule has 0 amide bonds. The summed E-state index contributed by atoms with van der Waals surface area (Å²) in [5.41, 5.74) is 4.64. The van der Waals surface area contributed by atoms with Gasteiger partial charge in [-0.25, -0.2) is 9.65 Å². The summed E-state index contributed by atoms with van der Waals surface area (Å²) >= 11 is 0. The Hall–Kier alpha value is -6.31. The zero-order chi connectivity index (χ0) is 46.0. The number of aromatic amines is 1. The number of hydrogen-bond acceptors (Lipinski definition) is 9. The predicted molar refractivity (Wildman–Crippen MR) is 265 cm³/mol. The van der Waals surface area contributed by atoms with Crippen molar-refractivity contribution in [1.82, 2.24) is 14.6 Å². The Morgan fingerprint density at radius 2 is 1.17 bits per heavy atom. The number of nitriles is 1. The standard InChI is InChI=1S/C55H57N4O6P/c1-38(2)59(39(3)4)66(64-35-14-34-56)65-47(37-63-55(41-15-8-7-9-16-41,42-23-29-44(60-5)30-24-42)43-25-31-45(61-6)32-26-43)33-36-62-46-27-21-40(22-28-46)54-57-52-50-19-12-10-17-48(50)49-18-11-13-20-51(49)53(52)58-54/h7-13,15-32,38-39,47H,14,33,35-37H2,1-6H3,(H,57,58)/t47-,66?/m0/s1. The van der Waals surface area contributed by atoms with Gasteiger partial charge >= 0.3 is 0 Å². The molecule has 0 aliphatic carbocycles. The van der Waals surface area contributed by atoms with Crippen molar-refractivity contribution in [3.63, 3.8) is 0 Å². The van der Waals surface area contributed by atoms with Crippen molar-refractivity contribution in [2.45, 2.75) is 64.3 Å². The van der Waals surface area contributed by atoms with Crippen molar-refractivity contribution in [3.8, 4) is 34.7 Å². The molecule has 2 atom stereocenters. The highest BCUT2D eigenvalue weighted by Crippen LogP contribution is 2.49. The molecule has 11 heteroatoms. The first kappa shape index (κ1) is 46.2. The molecule has 338 valence electrons. The Kier molecular flexibility index (Phi) is 14.9. The van der Waals surface area contributed by atoms with Crippen LogP contribution < -0.4 is 14.2 Å². The van der Waals surface area contributed by atoms with Crippen LogP contribution >= 0.6 is 8.53 Å². The van der Waals surface area contributed by atoms with Crippen LogP contribution in [0.15, 0.2) is 152 Å². The van der Waals surface area contributed by atoms with E-state index in [0.29, 0.717) is 13.0 Å². The van der Waals surface area contributed by atoms with E-state index in [1.165, 1.54) is 10.8 Å². The van der Waals surface area contributed by atoms with E-state index in [9.17, 15) is 5.26 Å². The first-order valence-electron chi connectivity index (χ1n) is 22.5. The van der Waals surface area contributed by atoms with E-state index in [1.54, 1.807) is 14.2 Å². The molecule has 8 rings (SSSR count). The number of hydrogen-bond donors (Lipinski definition) is 1. The molecular formula is C55H57N4O6P. The molecule has 7 aromatic carbocycles. The SMILES string of the molecule is COc1ccc(C(OC[C@H](CCOc2ccc(-c3nc4c5ccccc5c5ccccc5c4[nH]3)cc2)OP(OCCC#N)N(C(C)C)C(C)C)(c2ccccc2)c2ccc(OC)cc2)cc1. The lowest BCUT2D eigenvalue weighted by Crippen LogP contribution is -2.38.